The Morgan fingerprint density at radius 3 is 2.49 bits per heavy atom. The number of anilines is 1. The number of fused-ring (bicyclic) bond motifs is 1. The van der Waals surface area contributed by atoms with E-state index in [9.17, 15) is 13.2 Å². The molecule has 1 amide bonds. The van der Waals surface area contributed by atoms with Crippen LogP contribution in [0.5, 0.6) is 0 Å². The Morgan fingerprint density at radius 2 is 1.78 bits per heavy atom. The van der Waals surface area contributed by atoms with Gasteiger partial charge < -0.3 is 14.6 Å². The molecule has 2 aromatic carbocycles. The molecule has 0 aliphatic carbocycles. The SMILES string of the molecule is Cc1ccc(C(NC(=O)Cc2ccc3c(c2)CN(S(C)(=O)=O)C3)c2ccc(Cl)o2)c(N2CCCCC2)c1. The third-order valence-corrected chi connectivity index (χ3v) is 8.57. The fourth-order valence-electron chi connectivity index (χ4n) is 5.25. The number of benzene rings is 2. The predicted octanol–water partition coefficient (Wildman–Crippen LogP) is 4.96. The van der Waals surface area contributed by atoms with Crippen molar-refractivity contribution in [3.05, 3.63) is 87.3 Å². The minimum absolute atomic E-state index is 0.152. The first-order chi connectivity index (χ1) is 17.7. The van der Waals surface area contributed by atoms with E-state index >= 15 is 0 Å². The number of furan rings is 1. The molecule has 9 heteroatoms. The Labute approximate surface area is 223 Å². The van der Waals surface area contributed by atoms with Crippen molar-refractivity contribution in [2.75, 3.05) is 24.2 Å². The number of piperidine rings is 1. The van der Waals surface area contributed by atoms with Gasteiger partial charge in [0.1, 0.15) is 11.8 Å². The molecule has 3 heterocycles. The maximum absolute atomic E-state index is 13.3. The van der Waals surface area contributed by atoms with Gasteiger partial charge in [0.05, 0.1) is 12.7 Å². The topological polar surface area (TPSA) is 82.9 Å². The van der Waals surface area contributed by atoms with Crippen LogP contribution in [0.15, 0.2) is 52.9 Å². The molecule has 1 N–H and O–H groups in total. The van der Waals surface area contributed by atoms with Crippen LogP contribution in [-0.2, 0) is 34.3 Å². The van der Waals surface area contributed by atoms with Crippen molar-refractivity contribution in [2.45, 2.75) is 51.7 Å². The molecule has 1 aromatic heterocycles. The van der Waals surface area contributed by atoms with Crippen LogP contribution in [0.4, 0.5) is 5.69 Å². The molecule has 196 valence electrons. The number of sulfonamides is 1. The van der Waals surface area contributed by atoms with Crippen LogP contribution >= 0.6 is 11.6 Å². The van der Waals surface area contributed by atoms with Crippen molar-refractivity contribution < 1.29 is 17.6 Å². The fourth-order valence-corrected chi connectivity index (χ4v) is 6.15. The standard InChI is InChI=1S/C28H32ClN3O4S/c1-19-6-9-23(24(14-19)31-12-4-3-5-13-31)28(25-10-11-26(29)36-25)30-27(33)16-20-7-8-21-17-32(37(2,34)35)18-22(21)15-20/h6-11,14-15,28H,3-5,12-13,16-18H2,1-2H3,(H,30,33). The van der Waals surface area contributed by atoms with Crippen LogP contribution in [0, 0.1) is 6.92 Å². The first-order valence-electron chi connectivity index (χ1n) is 12.6. The van der Waals surface area contributed by atoms with E-state index in [1.54, 1.807) is 6.07 Å². The Balaban J connectivity index is 1.40. The fraction of sp³-hybridized carbons (Fsp3) is 0.393. The van der Waals surface area contributed by atoms with Gasteiger partial charge in [-0.25, -0.2) is 8.42 Å². The number of nitrogens with zero attached hydrogens (tertiary/aromatic N) is 2. The molecular weight excluding hydrogens is 510 g/mol. The normalized spacial score (nSPS) is 17.0. The molecule has 0 bridgehead atoms. The highest BCUT2D eigenvalue weighted by Crippen LogP contribution is 2.35. The van der Waals surface area contributed by atoms with Gasteiger partial charge in [-0.15, -0.1) is 0 Å². The molecule has 0 spiro atoms. The molecule has 0 saturated carbocycles. The summed E-state index contributed by atoms with van der Waals surface area (Å²) in [5.74, 6) is 0.429. The van der Waals surface area contributed by atoms with Crippen LogP contribution in [0.2, 0.25) is 5.22 Å². The van der Waals surface area contributed by atoms with E-state index in [-0.39, 0.29) is 17.5 Å². The van der Waals surface area contributed by atoms with Gasteiger partial charge in [-0.3, -0.25) is 4.79 Å². The summed E-state index contributed by atoms with van der Waals surface area (Å²) in [6.45, 7) is 4.74. The number of hydrogen-bond donors (Lipinski definition) is 1. The third-order valence-electron chi connectivity index (χ3n) is 7.18. The highest BCUT2D eigenvalue weighted by atomic mass is 35.5. The third kappa shape index (κ3) is 5.87. The molecule has 2 aliphatic heterocycles. The summed E-state index contributed by atoms with van der Waals surface area (Å²) in [6, 6.07) is 15.1. The van der Waals surface area contributed by atoms with E-state index in [2.05, 4.69) is 35.3 Å². The van der Waals surface area contributed by atoms with Crippen molar-refractivity contribution in [1.82, 2.24) is 9.62 Å². The number of halogens is 1. The first kappa shape index (κ1) is 25.8. The number of amides is 1. The Morgan fingerprint density at radius 1 is 1.03 bits per heavy atom. The maximum Gasteiger partial charge on any atom is 0.225 e. The smallest absolute Gasteiger partial charge is 0.225 e. The Kier molecular flexibility index (Phi) is 7.34. The molecule has 7 nitrogen and oxygen atoms in total. The van der Waals surface area contributed by atoms with Gasteiger partial charge in [0, 0.05) is 37.4 Å². The molecule has 1 unspecified atom stereocenters. The highest BCUT2D eigenvalue weighted by molar-refractivity contribution is 7.88. The van der Waals surface area contributed by atoms with Crippen LogP contribution in [0.25, 0.3) is 0 Å². The quantitative estimate of drug-likeness (QED) is 0.457. The summed E-state index contributed by atoms with van der Waals surface area (Å²) in [6.07, 6.45) is 4.91. The number of nitrogens with one attached hydrogen (secondary N) is 1. The Hall–Kier alpha value is -2.81. The molecular formula is C28H32ClN3O4S. The van der Waals surface area contributed by atoms with Gasteiger partial charge >= 0.3 is 0 Å². The lowest BCUT2D eigenvalue weighted by atomic mass is 9.97. The zero-order valence-corrected chi connectivity index (χ0v) is 22.7. The van der Waals surface area contributed by atoms with Crippen LogP contribution < -0.4 is 10.2 Å². The van der Waals surface area contributed by atoms with Crippen molar-refractivity contribution in [3.8, 4) is 0 Å². The van der Waals surface area contributed by atoms with Crippen molar-refractivity contribution in [1.29, 1.82) is 0 Å². The van der Waals surface area contributed by atoms with Crippen molar-refractivity contribution in [3.63, 3.8) is 0 Å². The van der Waals surface area contributed by atoms with E-state index in [1.807, 2.05) is 24.3 Å². The van der Waals surface area contributed by atoms with Crippen molar-refractivity contribution in [2.24, 2.45) is 0 Å². The summed E-state index contributed by atoms with van der Waals surface area (Å²) >= 11 is 6.13. The molecule has 1 fully saturated rings. The highest BCUT2D eigenvalue weighted by Gasteiger charge is 2.28. The largest absolute Gasteiger partial charge is 0.447 e. The molecule has 37 heavy (non-hydrogen) atoms. The summed E-state index contributed by atoms with van der Waals surface area (Å²) < 4.78 is 31.2. The zero-order chi connectivity index (χ0) is 26.2. The lowest BCUT2D eigenvalue weighted by Crippen LogP contribution is -2.34. The van der Waals surface area contributed by atoms with Crippen LogP contribution in [0.1, 0.15) is 58.9 Å². The van der Waals surface area contributed by atoms with E-state index < -0.39 is 16.1 Å². The second-order valence-corrected chi connectivity index (χ2v) is 12.4. The van der Waals surface area contributed by atoms with Gasteiger partial charge in [0.2, 0.25) is 15.9 Å². The average Bonchev–Trinajstić information content (AvgIpc) is 3.49. The zero-order valence-electron chi connectivity index (χ0n) is 21.2. The van der Waals surface area contributed by atoms with E-state index in [0.717, 1.165) is 59.4 Å². The van der Waals surface area contributed by atoms with Crippen molar-refractivity contribution >= 4 is 33.2 Å². The summed E-state index contributed by atoms with van der Waals surface area (Å²) in [7, 11) is -3.27. The number of carbonyl (C=O) groups is 1. The van der Waals surface area contributed by atoms with Crippen LogP contribution in [-0.4, -0.2) is 38.0 Å². The lowest BCUT2D eigenvalue weighted by molar-refractivity contribution is -0.121. The van der Waals surface area contributed by atoms with E-state index in [1.165, 1.54) is 17.0 Å². The minimum atomic E-state index is -3.27. The molecule has 1 saturated heterocycles. The number of hydrogen-bond acceptors (Lipinski definition) is 5. The lowest BCUT2D eigenvalue weighted by Gasteiger charge is -2.32. The number of rotatable bonds is 7. The molecule has 3 aromatic rings. The van der Waals surface area contributed by atoms with Crippen LogP contribution in [0.3, 0.4) is 0 Å². The second kappa shape index (κ2) is 10.5. The second-order valence-electron chi connectivity index (χ2n) is 10.1. The minimum Gasteiger partial charge on any atom is -0.447 e. The van der Waals surface area contributed by atoms with Gasteiger partial charge in [0.15, 0.2) is 5.22 Å². The predicted molar refractivity (Wildman–Crippen MR) is 145 cm³/mol. The number of carbonyl (C=O) groups excluding carboxylic acids is 1. The summed E-state index contributed by atoms with van der Waals surface area (Å²) in [5.41, 5.74) is 6.00. The van der Waals surface area contributed by atoms with Gasteiger partial charge in [-0.05, 0) is 78.2 Å². The molecule has 5 rings (SSSR count). The van der Waals surface area contributed by atoms with Gasteiger partial charge in [-0.2, -0.15) is 4.31 Å². The Bertz CT molecular complexity index is 1410. The summed E-state index contributed by atoms with van der Waals surface area (Å²) in [5, 5.41) is 3.46. The average molecular weight is 542 g/mol. The van der Waals surface area contributed by atoms with E-state index in [0.29, 0.717) is 18.8 Å². The van der Waals surface area contributed by atoms with E-state index in [4.69, 9.17) is 16.0 Å². The maximum atomic E-state index is 13.3. The molecule has 0 radical (unpaired) electrons. The number of aryl methyl sites for hydroxylation is 1. The van der Waals surface area contributed by atoms with Gasteiger partial charge in [0.25, 0.3) is 0 Å². The summed E-state index contributed by atoms with van der Waals surface area (Å²) in [4.78, 5) is 15.7. The van der Waals surface area contributed by atoms with Gasteiger partial charge in [-0.1, -0.05) is 30.3 Å². The molecule has 2 aliphatic rings. The monoisotopic (exact) mass is 541 g/mol. The molecule has 1 atom stereocenters. The first-order valence-corrected chi connectivity index (χ1v) is 14.9.